The molecule has 0 aliphatic carbocycles. The number of aromatic nitrogens is 4. The Balaban J connectivity index is 1.58. The number of anilines is 1. The smallest absolute Gasteiger partial charge is 0.164 e. The molecule has 0 saturated heterocycles. The summed E-state index contributed by atoms with van der Waals surface area (Å²) in [7, 11) is 0. The first-order valence-electron chi connectivity index (χ1n) is 8.50. The van der Waals surface area contributed by atoms with Gasteiger partial charge < -0.3 is 5.32 Å². The van der Waals surface area contributed by atoms with Crippen molar-refractivity contribution in [2.75, 3.05) is 11.9 Å². The van der Waals surface area contributed by atoms with E-state index in [0.29, 0.717) is 23.4 Å². The molecule has 4 rings (SSSR count). The van der Waals surface area contributed by atoms with Crippen molar-refractivity contribution < 1.29 is 13.2 Å². The van der Waals surface area contributed by atoms with Crippen LogP contribution in [0.2, 0.25) is 0 Å². The van der Waals surface area contributed by atoms with Crippen molar-refractivity contribution in [3.8, 4) is 11.1 Å². The number of pyridine rings is 2. The van der Waals surface area contributed by atoms with Crippen LogP contribution in [0.3, 0.4) is 0 Å². The fourth-order valence-corrected chi connectivity index (χ4v) is 2.81. The van der Waals surface area contributed by atoms with Gasteiger partial charge in [0.05, 0.1) is 17.3 Å². The maximum atomic E-state index is 13.7. The Morgan fingerprint density at radius 1 is 0.786 bits per heavy atom. The van der Waals surface area contributed by atoms with Crippen molar-refractivity contribution in [3.63, 3.8) is 0 Å². The van der Waals surface area contributed by atoms with Gasteiger partial charge in [0, 0.05) is 30.8 Å². The van der Waals surface area contributed by atoms with E-state index in [9.17, 15) is 13.2 Å². The molecular formula is C20H14F3N5. The number of benzene rings is 1. The molecular weight excluding hydrogens is 367 g/mol. The van der Waals surface area contributed by atoms with E-state index in [-0.39, 0.29) is 17.9 Å². The summed E-state index contributed by atoms with van der Waals surface area (Å²) >= 11 is 0. The van der Waals surface area contributed by atoms with Crippen LogP contribution >= 0.6 is 0 Å². The summed E-state index contributed by atoms with van der Waals surface area (Å²) in [5, 5.41) is 3.79. The highest BCUT2D eigenvalue weighted by molar-refractivity contribution is 5.89. The number of hydrogen-bond acceptors (Lipinski definition) is 5. The third-order valence-corrected chi connectivity index (χ3v) is 4.20. The first kappa shape index (κ1) is 17.8. The van der Waals surface area contributed by atoms with Crippen LogP contribution in [0.25, 0.3) is 22.2 Å². The first-order valence-corrected chi connectivity index (χ1v) is 8.50. The molecule has 1 N–H and O–H groups in total. The van der Waals surface area contributed by atoms with E-state index in [1.54, 1.807) is 18.3 Å². The molecule has 0 unspecified atom stereocenters. The molecule has 0 aliphatic rings. The van der Waals surface area contributed by atoms with Gasteiger partial charge in [-0.05, 0) is 23.8 Å². The van der Waals surface area contributed by atoms with Crippen molar-refractivity contribution in [1.29, 1.82) is 0 Å². The molecule has 0 spiro atoms. The molecule has 140 valence electrons. The summed E-state index contributed by atoms with van der Waals surface area (Å²) in [6.07, 6.45) is 4.27. The third-order valence-electron chi connectivity index (χ3n) is 4.20. The molecule has 8 heteroatoms. The second kappa shape index (κ2) is 7.59. The summed E-state index contributed by atoms with van der Waals surface area (Å²) in [4.78, 5) is 16.5. The lowest BCUT2D eigenvalue weighted by molar-refractivity contribution is 0.558. The number of hydrogen-bond donors (Lipinski definition) is 1. The Bertz CT molecular complexity index is 1130. The van der Waals surface area contributed by atoms with Gasteiger partial charge in [-0.3, -0.25) is 4.98 Å². The van der Waals surface area contributed by atoms with Crippen molar-refractivity contribution >= 4 is 16.9 Å². The Morgan fingerprint density at radius 3 is 2.39 bits per heavy atom. The van der Waals surface area contributed by atoms with Crippen LogP contribution in [0, 0.1) is 17.5 Å². The molecule has 4 aromatic rings. The van der Waals surface area contributed by atoms with E-state index in [1.165, 1.54) is 18.5 Å². The Labute approximate surface area is 158 Å². The second-order valence-corrected chi connectivity index (χ2v) is 6.08. The van der Waals surface area contributed by atoms with Gasteiger partial charge >= 0.3 is 0 Å². The fraction of sp³-hybridized carbons (Fsp3) is 0.100. The van der Waals surface area contributed by atoms with Gasteiger partial charge in [-0.2, -0.15) is 0 Å². The summed E-state index contributed by atoms with van der Waals surface area (Å²) in [6.45, 7) is 0.336. The number of halogens is 3. The molecule has 28 heavy (non-hydrogen) atoms. The van der Waals surface area contributed by atoms with Gasteiger partial charge in [0.25, 0.3) is 0 Å². The lowest BCUT2D eigenvalue weighted by Gasteiger charge is -2.09. The Morgan fingerprint density at radius 2 is 1.61 bits per heavy atom. The molecule has 5 nitrogen and oxygen atoms in total. The Kier molecular flexibility index (Phi) is 4.84. The molecule has 0 fully saturated rings. The molecule has 3 aromatic heterocycles. The van der Waals surface area contributed by atoms with Crippen molar-refractivity contribution in [3.05, 3.63) is 78.3 Å². The SMILES string of the molecule is Fc1ccc(-c2cnc3ncnc(NCCc4ncc(F)cc4F)c3c2)cc1. The highest BCUT2D eigenvalue weighted by Crippen LogP contribution is 2.25. The maximum absolute atomic E-state index is 13.7. The third kappa shape index (κ3) is 3.75. The monoisotopic (exact) mass is 381 g/mol. The van der Waals surface area contributed by atoms with Crippen LogP contribution in [0.1, 0.15) is 5.69 Å². The van der Waals surface area contributed by atoms with E-state index in [1.807, 2.05) is 6.07 Å². The lowest BCUT2D eigenvalue weighted by atomic mass is 10.1. The lowest BCUT2D eigenvalue weighted by Crippen LogP contribution is -2.09. The van der Waals surface area contributed by atoms with Gasteiger partial charge in [-0.25, -0.2) is 28.1 Å². The first-order chi connectivity index (χ1) is 13.6. The largest absolute Gasteiger partial charge is 0.369 e. The predicted molar refractivity (Wildman–Crippen MR) is 99.1 cm³/mol. The van der Waals surface area contributed by atoms with Crippen LogP contribution in [-0.2, 0) is 6.42 Å². The maximum Gasteiger partial charge on any atom is 0.164 e. The zero-order valence-corrected chi connectivity index (χ0v) is 14.5. The minimum Gasteiger partial charge on any atom is -0.369 e. The Hall–Kier alpha value is -3.55. The van der Waals surface area contributed by atoms with Crippen molar-refractivity contribution in [1.82, 2.24) is 19.9 Å². The summed E-state index contributed by atoms with van der Waals surface area (Å²) in [5.74, 6) is -1.18. The highest BCUT2D eigenvalue weighted by atomic mass is 19.1. The van der Waals surface area contributed by atoms with Gasteiger partial charge in [-0.15, -0.1) is 0 Å². The fourth-order valence-electron chi connectivity index (χ4n) is 2.81. The van der Waals surface area contributed by atoms with Crippen LogP contribution in [0.4, 0.5) is 19.0 Å². The van der Waals surface area contributed by atoms with Crippen LogP contribution in [0.15, 0.2) is 55.1 Å². The van der Waals surface area contributed by atoms with Crippen LogP contribution in [0.5, 0.6) is 0 Å². The molecule has 3 heterocycles. The van der Waals surface area contributed by atoms with Crippen molar-refractivity contribution in [2.24, 2.45) is 0 Å². The molecule has 0 saturated carbocycles. The average molecular weight is 381 g/mol. The molecule has 0 atom stereocenters. The van der Waals surface area contributed by atoms with Gasteiger partial charge in [-0.1, -0.05) is 12.1 Å². The standard InChI is InChI=1S/C20H14F3N5/c21-14-3-1-12(2-4-14)13-7-16-19(27-11-28-20(16)26-9-13)24-6-5-18-17(23)8-15(22)10-25-18/h1-4,7-11H,5-6H2,(H,24,26,27,28). The quantitative estimate of drug-likeness (QED) is 0.562. The highest BCUT2D eigenvalue weighted by Gasteiger charge is 2.09. The molecule has 0 radical (unpaired) electrons. The topological polar surface area (TPSA) is 63.6 Å². The number of fused-ring (bicyclic) bond motifs is 1. The molecule has 1 aromatic carbocycles. The van der Waals surface area contributed by atoms with Crippen molar-refractivity contribution in [2.45, 2.75) is 6.42 Å². The second-order valence-electron chi connectivity index (χ2n) is 6.08. The number of rotatable bonds is 5. The van der Waals surface area contributed by atoms with Crippen LogP contribution in [-0.4, -0.2) is 26.5 Å². The van der Waals surface area contributed by atoms with Crippen LogP contribution < -0.4 is 5.32 Å². The molecule has 0 bridgehead atoms. The predicted octanol–water partition coefficient (Wildman–Crippen LogP) is 4.16. The van der Waals surface area contributed by atoms with E-state index < -0.39 is 11.6 Å². The summed E-state index contributed by atoms with van der Waals surface area (Å²) in [6, 6.07) is 8.75. The normalized spacial score (nSPS) is 11.0. The number of nitrogens with one attached hydrogen (secondary N) is 1. The zero-order valence-electron chi connectivity index (χ0n) is 14.5. The minimum atomic E-state index is -0.713. The van der Waals surface area contributed by atoms with E-state index in [2.05, 4.69) is 25.3 Å². The number of nitrogens with zero attached hydrogens (tertiary/aromatic N) is 4. The molecule has 0 amide bonds. The van der Waals surface area contributed by atoms with Gasteiger partial charge in [0.1, 0.15) is 29.6 Å². The minimum absolute atomic E-state index is 0.164. The summed E-state index contributed by atoms with van der Waals surface area (Å²) < 4.78 is 39.8. The average Bonchev–Trinajstić information content (AvgIpc) is 2.70. The van der Waals surface area contributed by atoms with E-state index >= 15 is 0 Å². The zero-order chi connectivity index (χ0) is 19.5. The van der Waals surface area contributed by atoms with Gasteiger partial charge in [0.2, 0.25) is 0 Å². The summed E-state index contributed by atoms with van der Waals surface area (Å²) in [5.41, 5.74) is 2.26. The van der Waals surface area contributed by atoms with E-state index in [4.69, 9.17) is 0 Å². The van der Waals surface area contributed by atoms with Gasteiger partial charge in [0.15, 0.2) is 5.65 Å². The molecule has 0 aliphatic heterocycles. The van der Waals surface area contributed by atoms with E-state index in [0.717, 1.165) is 23.4 Å².